The van der Waals surface area contributed by atoms with Crippen LogP contribution in [0.15, 0.2) is 46.6 Å². The van der Waals surface area contributed by atoms with Gasteiger partial charge < -0.3 is 21.0 Å². The fraction of sp³-hybridized carbons (Fsp3) is 0.278. The monoisotopic (exact) mass is 476 g/mol. The molecule has 0 spiro atoms. The zero-order chi connectivity index (χ0) is 22.8. The molecule has 1 fully saturated rings. The maximum Gasteiger partial charge on any atom is 0.352 e. The third-order valence-corrected chi connectivity index (χ3v) is 6.77. The SMILES string of the molecule is CON=C(C(=O)NC1C(=O)N2C(C(=O)O)=C(C[n+]3ccncc3)CS[C@@H]12)c1csc(N)n1. The number of nitrogen functional groups attached to an aromatic ring is 1. The number of hydrogen-bond donors (Lipinski definition) is 3. The fourth-order valence-electron chi connectivity index (χ4n) is 3.38. The zero-order valence-corrected chi connectivity index (χ0v) is 18.3. The Bertz CT molecular complexity index is 1130. The van der Waals surface area contributed by atoms with Crippen LogP contribution in [0, 0.1) is 0 Å². The number of nitrogens with zero attached hydrogens (tertiary/aromatic N) is 5. The highest BCUT2D eigenvalue weighted by Gasteiger charge is 2.54. The number of oxime groups is 1. The van der Waals surface area contributed by atoms with Gasteiger partial charge in [0.15, 0.2) is 29.8 Å². The minimum absolute atomic E-state index is 0.0633. The van der Waals surface area contributed by atoms with Crippen LogP contribution in [-0.2, 0) is 25.8 Å². The van der Waals surface area contributed by atoms with Crippen molar-refractivity contribution in [2.75, 3.05) is 18.6 Å². The van der Waals surface area contributed by atoms with Gasteiger partial charge in [-0.25, -0.2) is 9.78 Å². The first-order valence-corrected chi connectivity index (χ1v) is 11.2. The second kappa shape index (κ2) is 8.92. The molecular weight excluding hydrogens is 458 g/mol. The van der Waals surface area contributed by atoms with Gasteiger partial charge in [0.1, 0.15) is 29.9 Å². The smallest absolute Gasteiger partial charge is 0.352 e. The van der Waals surface area contributed by atoms with Crippen LogP contribution in [-0.4, -0.2) is 67.7 Å². The minimum atomic E-state index is -1.20. The second-order valence-electron chi connectivity index (χ2n) is 6.73. The predicted octanol–water partition coefficient (Wildman–Crippen LogP) is -0.803. The van der Waals surface area contributed by atoms with Crippen LogP contribution in [0.2, 0.25) is 0 Å². The molecule has 32 heavy (non-hydrogen) atoms. The Hall–Kier alpha value is -3.52. The maximum absolute atomic E-state index is 12.8. The van der Waals surface area contributed by atoms with Gasteiger partial charge in [0, 0.05) is 16.7 Å². The second-order valence-corrected chi connectivity index (χ2v) is 8.72. The number of carbonyl (C=O) groups excluding carboxylic acids is 2. The lowest BCUT2D eigenvalue weighted by atomic mass is 10.0. The molecule has 14 heteroatoms. The van der Waals surface area contributed by atoms with E-state index >= 15 is 0 Å². The number of carboxylic acid groups (broad SMARTS) is 1. The van der Waals surface area contributed by atoms with Crippen molar-refractivity contribution >= 4 is 51.7 Å². The van der Waals surface area contributed by atoms with Crippen molar-refractivity contribution in [2.45, 2.75) is 18.0 Å². The number of nitrogens with two attached hydrogens (primary N) is 1. The molecule has 2 atom stereocenters. The van der Waals surface area contributed by atoms with E-state index in [1.54, 1.807) is 34.7 Å². The van der Waals surface area contributed by atoms with Crippen LogP contribution >= 0.6 is 23.1 Å². The fourth-order valence-corrected chi connectivity index (χ4v) is 5.26. The topological polar surface area (TPSA) is 164 Å². The number of hydrogen-bond acceptors (Lipinski definition) is 10. The number of thioether (sulfide) groups is 1. The van der Waals surface area contributed by atoms with Gasteiger partial charge in [0.05, 0.1) is 12.4 Å². The first-order valence-electron chi connectivity index (χ1n) is 9.23. The summed E-state index contributed by atoms with van der Waals surface area (Å²) < 4.78 is 1.78. The quantitative estimate of drug-likeness (QED) is 0.201. The first-order chi connectivity index (χ1) is 15.4. The molecule has 2 aromatic heterocycles. The van der Waals surface area contributed by atoms with E-state index in [0.29, 0.717) is 17.9 Å². The van der Waals surface area contributed by atoms with Crippen molar-refractivity contribution in [1.29, 1.82) is 0 Å². The highest BCUT2D eigenvalue weighted by molar-refractivity contribution is 8.00. The van der Waals surface area contributed by atoms with Gasteiger partial charge in [-0.15, -0.1) is 23.1 Å². The third kappa shape index (κ3) is 4.01. The average Bonchev–Trinajstić information content (AvgIpc) is 3.21. The number of amides is 2. The lowest BCUT2D eigenvalue weighted by Gasteiger charge is -2.49. The van der Waals surface area contributed by atoms with Crippen molar-refractivity contribution in [3.63, 3.8) is 0 Å². The van der Waals surface area contributed by atoms with Crippen molar-refractivity contribution in [3.05, 3.63) is 47.1 Å². The summed E-state index contributed by atoms with van der Waals surface area (Å²) >= 11 is 2.51. The molecule has 2 aliphatic heterocycles. The Morgan fingerprint density at radius 3 is 2.81 bits per heavy atom. The highest BCUT2D eigenvalue weighted by atomic mass is 32.2. The number of fused-ring (bicyclic) bond motifs is 1. The number of rotatable bonds is 7. The number of β-lactam (4-membered cyclic amide) rings is 1. The molecule has 166 valence electrons. The van der Waals surface area contributed by atoms with Gasteiger partial charge in [-0.05, 0) is 0 Å². The number of carboxylic acids is 1. The molecular formula is C18H18N7O5S2+. The summed E-state index contributed by atoms with van der Waals surface area (Å²) in [4.78, 5) is 51.5. The molecule has 4 N–H and O–H groups in total. The highest BCUT2D eigenvalue weighted by Crippen LogP contribution is 2.40. The number of thiazole rings is 1. The van der Waals surface area contributed by atoms with Crippen LogP contribution in [0.25, 0.3) is 0 Å². The van der Waals surface area contributed by atoms with E-state index < -0.39 is 29.2 Å². The summed E-state index contributed by atoms with van der Waals surface area (Å²) in [5.41, 5.74) is 6.24. The van der Waals surface area contributed by atoms with Crippen molar-refractivity contribution in [2.24, 2.45) is 5.16 Å². The average molecular weight is 477 g/mol. The molecule has 0 saturated carbocycles. The number of aromatic nitrogens is 3. The van der Waals surface area contributed by atoms with Gasteiger partial charge in [0.25, 0.3) is 11.8 Å². The summed E-state index contributed by atoms with van der Waals surface area (Å²) in [6.07, 6.45) is 6.61. The van der Waals surface area contributed by atoms with Gasteiger partial charge in [-0.1, -0.05) is 5.16 Å². The Kier molecular flexibility index (Phi) is 6.05. The van der Waals surface area contributed by atoms with Crippen LogP contribution < -0.4 is 15.6 Å². The lowest BCUT2D eigenvalue weighted by molar-refractivity contribution is -0.689. The summed E-state index contributed by atoms with van der Waals surface area (Å²) in [5.74, 6) is -1.99. The van der Waals surface area contributed by atoms with Gasteiger partial charge in [0.2, 0.25) is 0 Å². The number of nitrogens with one attached hydrogen (secondary N) is 1. The summed E-state index contributed by atoms with van der Waals surface area (Å²) in [6.45, 7) is 0.306. The zero-order valence-electron chi connectivity index (χ0n) is 16.7. The molecule has 0 bridgehead atoms. The van der Waals surface area contributed by atoms with E-state index in [4.69, 9.17) is 10.6 Å². The molecule has 0 aliphatic carbocycles. The lowest BCUT2D eigenvalue weighted by Crippen LogP contribution is -2.71. The predicted molar refractivity (Wildman–Crippen MR) is 114 cm³/mol. The molecule has 0 aromatic carbocycles. The van der Waals surface area contributed by atoms with E-state index in [-0.39, 0.29) is 22.2 Å². The summed E-state index contributed by atoms with van der Waals surface area (Å²) in [6, 6.07) is -0.907. The standard InChI is InChI=1S/C18H17N7O5S2/c1-30-23-11(10-8-32-18(19)21-10)14(26)22-12-15(27)25-13(17(28)29)9(7-31-16(12)25)6-24-4-2-20-3-5-24/h2-5,8,12,16H,6-7H2,1H3,(H3-,19,21,22,26,28,29)/p+1/t12?,16-/m0/s1. The molecule has 4 rings (SSSR count). The minimum Gasteiger partial charge on any atom is -0.477 e. The molecule has 2 aliphatic rings. The van der Waals surface area contributed by atoms with Crippen LogP contribution in [0.1, 0.15) is 5.69 Å². The number of aliphatic carboxylic acids is 1. The number of carbonyl (C=O) groups is 3. The van der Waals surface area contributed by atoms with E-state index in [1.807, 2.05) is 0 Å². The molecule has 4 heterocycles. The van der Waals surface area contributed by atoms with Gasteiger partial charge in [-0.3, -0.25) is 19.5 Å². The van der Waals surface area contributed by atoms with Crippen molar-refractivity contribution in [3.8, 4) is 0 Å². The third-order valence-electron chi connectivity index (χ3n) is 4.76. The Balaban J connectivity index is 1.53. The van der Waals surface area contributed by atoms with Gasteiger partial charge in [-0.2, -0.15) is 4.57 Å². The first kappa shape index (κ1) is 21.7. The van der Waals surface area contributed by atoms with Crippen molar-refractivity contribution < 1.29 is 28.9 Å². The van der Waals surface area contributed by atoms with E-state index in [2.05, 4.69) is 20.4 Å². The molecule has 12 nitrogen and oxygen atoms in total. The Labute approximate surface area is 189 Å². The van der Waals surface area contributed by atoms with Crippen LogP contribution in [0.5, 0.6) is 0 Å². The Morgan fingerprint density at radius 1 is 1.44 bits per heavy atom. The normalized spacial score (nSPS) is 20.5. The van der Waals surface area contributed by atoms with Gasteiger partial charge >= 0.3 is 5.97 Å². The Morgan fingerprint density at radius 2 is 2.19 bits per heavy atom. The molecule has 1 unspecified atom stereocenters. The molecule has 2 aromatic rings. The molecule has 2 amide bonds. The van der Waals surface area contributed by atoms with E-state index in [0.717, 1.165) is 11.3 Å². The summed E-state index contributed by atoms with van der Waals surface area (Å²) in [5, 5.41) is 17.3. The van der Waals surface area contributed by atoms with Crippen LogP contribution in [0.4, 0.5) is 5.13 Å². The molecule has 0 radical (unpaired) electrons. The number of anilines is 1. The van der Waals surface area contributed by atoms with E-state index in [9.17, 15) is 19.5 Å². The molecule has 1 saturated heterocycles. The van der Waals surface area contributed by atoms with Crippen molar-refractivity contribution in [1.82, 2.24) is 20.2 Å². The largest absolute Gasteiger partial charge is 0.477 e. The summed E-state index contributed by atoms with van der Waals surface area (Å²) in [7, 11) is 1.28. The maximum atomic E-state index is 12.8. The van der Waals surface area contributed by atoms with Crippen LogP contribution in [0.3, 0.4) is 0 Å². The van der Waals surface area contributed by atoms with E-state index in [1.165, 1.54) is 23.8 Å².